The van der Waals surface area contributed by atoms with Crippen LogP contribution >= 0.6 is 0 Å². The van der Waals surface area contributed by atoms with Crippen molar-refractivity contribution in [1.82, 2.24) is 5.32 Å². The van der Waals surface area contributed by atoms with Crippen molar-refractivity contribution in [3.05, 3.63) is 42.0 Å². The normalized spacial score (nSPS) is 11.9. The van der Waals surface area contributed by atoms with Gasteiger partial charge in [-0.2, -0.15) is 0 Å². The molecule has 1 rings (SSSR count). The molecule has 1 atom stereocenters. The third-order valence-electron chi connectivity index (χ3n) is 3.30. The summed E-state index contributed by atoms with van der Waals surface area (Å²) >= 11 is 0. The standard InChI is InChI=1S/C17H27NO4.C4H4O4/c1-13(19)21-10-9-14-5-7-16(8-6-14)22-12-15(20)11-18-17(2,3)4;5-3(6)1-2-4(7)8/h5-8,15,18,20H,9-12H2,1-4H3;1-2H,(H,5,6)(H,7,8)/t15-;/m0./s1. The highest BCUT2D eigenvalue weighted by molar-refractivity contribution is 5.89. The first-order chi connectivity index (χ1) is 13.9. The molecule has 0 amide bonds. The Labute approximate surface area is 176 Å². The fraction of sp³-hybridized carbons (Fsp3) is 0.476. The topological polar surface area (TPSA) is 142 Å². The molecule has 1 aromatic rings. The summed E-state index contributed by atoms with van der Waals surface area (Å²) in [6.07, 6.45) is 1.24. The Kier molecular flexibility index (Phi) is 12.8. The number of ether oxygens (including phenoxy) is 2. The quantitative estimate of drug-likeness (QED) is 0.325. The Morgan fingerprint density at radius 2 is 1.60 bits per heavy atom. The van der Waals surface area contributed by atoms with E-state index in [1.165, 1.54) is 6.92 Å². The third-order valence-corrected chi connectivity index (χ3v) is 3.30. The zero-order valence-electron chi connectivity index (χ0n) is 17.8. The van der Waals surface area contributed by atoms with Gasteiger partial charge in [0.25, 0.3) is 0 Å². The maximum absolute atomic E-state index is 10.7. The summed E-state index contributed by atoms with van der Waals surface area (Å²) in [7, 11) is 0. The lowest BCUT2D eigenvalue weighted by Crippen LogP contribution is -2.42. The van der Waals surface area contributed by atoms with E-state index < -0.39 is 18.0 Å². The number of aliphatic hydroxyl groups is 1. The lowest BCUT2D eigenvalue weighted by Gasteiger charge is -2.23. The van der Waals surface area contributed by atoms with Gasteiger partial charge in [0.2, 0.25) is 0 Å². The average Bonchev–Trinajstić information content (AvgIpc) is 2.64. The van der Waals surface area contributed by atoms with Crippen LogP contribution in [0.5, 0.6) is 5.75 Å². The average molecular weight is 425 g/mol. The van der Waals surface area contributed by atoms with Crippen LogP contribution < -0.4 is 10.1 Å². The highest BCUT2D eigenvalue weighted by atomic mass is 16.5. The summed E-state index contributed by atoms with van der Waals surface area (Å²) in [5.41, 5.74) is 1.05. The Morgan fingerprint density at radius 1 is 1.07 bits per heavy atom. The van der Waals surface area contributed by atoms with Gasteiger partial charge in [0.1, 0.15) is 18.5 Å². The minimum Gasteiger partial charge on any atom is -0.491 e. The van der Waals surface area contributed by atoms with Gasteiger partial charge < -0.3 is 30.1 Å². The molecule has 4 N–H and O–H groups in total. The van der Waals surface area contributed by atoms with E-state index in [2.05, 4.69) is 26.1 Å². The van der Waals surface area contributed by atoms with Crippen molar-refractivity contribution in [2.45, 2.75) is 45.8 Å². The minimum atomic E-state index is -1.26. The molecule has 9 heteroatoms. The van der Waals surface area contributed by atoms with Crippen molar-refractivity contribution in [3.63, 3.8) is 0 Å². The fourth-order valence-electron chi connectivity index (χ4n) is 1.88. The summed E-state index contributed by atoms with van der Waals surface area (Å²) in [4.78, 5) is 29.8. The Hall–Kier alpha value is -2.91. The molecule has 0 aliphatic rings. The number of rotatable bonds is 10. The second-order valence-electron chi connectivity index (χ2n) is 7.34. The van der Waals surface area contributed by atoms with Crippen molar-refractivity contribution in [1.29, 1.82) is 0 Å². The SMILES string of the molecule is CC(=O)OCCc1ccc(OC[C@@H](O)CNC(C)(C)C)cc1.O=C(O)C=CC(=O)O. The van der Waals surface area contributed by atoms with Crippen LogP contribution in [0.3, 0.4) is 0 Å². The summed E-state index contributed by atoms with van der Waals surface area (Å²) in [5, 5.41) is 28.7. The van der Waals surface area contributed by atoms with Gasteiger partial charge >= 0.3 is 17.9 Å². The number of benzene rings is 1. The molecule has 1 aromatic carbocycles. The van der Waals surface area contributed by atoms with Crippen LogP contribution in [0.25, 0.3) is 0 Å². The number of carboxylic acids is 2. The maximum Gasteiger partial charge on any atom is 0.328 e. The fourth-order valence-corrected chi connectivity index (χ4v) is 1.88. The largest absolute Gasteiger partial charge is 0.491 e. The van der Waals surface area contributed by atoms with Crippen molar-refractivity contribution in [2.24, 2.45) is 0 Å². The summed E-state index contributed by atoms with van der Waals surface area (Å²) in [6, 6.07) is 7.57. The second-order valence-corrected chi connectivity index (χ2v) is 7.34. The van der Waals surface area contributed by atoms with Crippen LogP contribution in [-0.2, 0) is 25.5 Å². The molecule has 0 aromatic heterocycles. The molecule has 0 heterocycles. The molecule has 0 spiro atoms. The molecule has 0 saturated heterocycles. The van der Waals surface area contributed by atoms with E-state index in [9.17, 15) is 19.5 Å². The molecule has 168 valence electrons. The smallest absolute Gasteiger partial charge is 0.328 e. The second kappa shape index (κ2) is 14.1. The van der Waals surface area contributed by atoms with E-state index in [0.717, 1.165) is 5.56 Å². The number of carbonyl (C=O) groups is 3. The van der Waals surface area contributed by atoms with Gasteiger partial charge in [0.05, 0.1) is 6.61 Å². The van der Waals surface area contributed by atoms with Gasteiger partial charge in [0.15, 0.2) is 0 Å². The van der Waals surface area contributed by atoms with E-state index in [1.54, 1.807) is 0 Å². The van der Waals surface area contributed by atoms with Gasteiger partial charge in [-0.25, -0.2) is 9.59 Å². The maximum atomic E-state index is 10.7. The summed E-state index contributed by atoms with van der Waals surface area (Å²) < 4.78 is 10.5. The first-order valence-corrected chi connectivity index (χ1v) is 9.31. The molecule has 30 heavy (non-hydrogen) atoms. The zero-order chi connectivity index (χ0) is 23.2. The number of hydrogen-bond donors (Lipinski definition) is 4. The monoisotopic (exact) mass is 425 g/mol. The van der Waals surface area contributed by atoms with Gasteiger partial charge in [-0.15, -0.1) is 0 Å². The molecule has 9 nitrogen and oxygen atoms in total. The molecule has 0 fully saturated rings. The molecular weight excluding hydrogens is 394 g/mol. The van der Waals surface area contributed by atoms with E-state index in [0.29, 0.717) is 37.5 Å². The molecule has 0 bridgehead atoms. The number of hydrogen-bond acceptors (Lipinski definition) is 7. The van der Waals surface area contributed by atoms with Crippen molar-refractivity contribution in [3.8, 4) is 5.75 Å². The number of esters is 1. The Balaban J connectivity index is 0.000000890. The van der Waals surface area contributed by atoms with Gasteiger partial charge in [-0.1, -0.05) is 12.1 Å². The van der Waals surface area contributed by atoms with Crippen molar-refractivity contribution < 1.29 is 39.2 Å². The first kappa shape index (κ1) is 27.1. The number of aliphatic hydroxyl groups excluding tert-OH is 1. The van der Waals surface area contributed by atoms with E-state index >= 15 is 0 Å². The van der Waals surface area contributed by atoms with E-state index in [1.807, 2.05) is 24.3 Å². The van der Waals surface area contributed by atoms with Gasteiger partial charge in [0, 0.05) is 37.6 Å². The molecule has 0 radical (unpaired) electrons. The number of carbonyl (C=O) groups excluding carboxylic acids is 1. The van der Waals surface area contributed by atoms with Crippen LogP contribution in [0.4, 0.5) is 0 Å². The third kappa shape index (κ3) is 17.2. The molecule has 0 aliphatic carbocycles. The Bertz CT molecular complexity index is 676. The van der Waals surface area contributed by atoms with Crippen LogP contribution in [0.2, 0.25) is 0 Å². The van der Waals surface area contributed by atoms with Crippen LogP contribution in [-0.4, -0.2) is 64.6 Å². The lowest BCUT2D eigenvalue weighted by atomic mass is 10.1. The lowest BCUT2D eigenvalue weighted by molar-refractivity contribution is -0.141. The van der Waals surface area contributed by atoms with Crippen molar-refractivity contribution in [2.75, 3.05) is 19.8 Å². The first-order valence-electron chi connectivity index (χ1n) is 9.31. The number of nitrogens with one attached hydrogen (secondary N) is 1. The van der Waals surface area contributed by atoms with E-state index in [-0.39, 0.29) is 18.1 Å². The molecule has 0 aliphatic heterocycles. The van der Waals surface area contributed by atoms with Crippen LogP contribution in [0.1, 0.15) is 33.3 Å². The van der Waals surface area contributed by atoms with Crippen molar-refractivity contribution >= 4 is 17.9 Å². The Morgan fingerprint density at radius 3 is 2.03 bits per heavy atom. The van der Waals surface area contributed by atoms with Crippen LogP contribution in [0.15, 0.2) is 36.4 Å². The predicted molar refractivity (Wildman–Crippen MR) is 110 cm³/mol. The molecular formula is C21H31NO8. The number of carboxylic acid groups (broad SMARTS) is 2. The highest BCUT2D eigenvalue weighted by Gasteiger charge is 2.12. The predicted octanol–water partition coefficient (Wildman–Crippen LogP) is 1.63. The number of aliphatic carboxylic acids is 2. The van der Waals surface area contributed by atoms with Gasteiger partial charge in [-0.3, -0.25) is 4.79 Å². The highest BCUT2D eigenvalue weighted by Crippen LogP contribution is 2.13. The summed E-state index contributed by atoms with van der Waals surface area (Å²) in [5.74, 6) is -2.07. The molecule has 0 unspecified atom stereocenters. The van der Waals surface area contributed by atoms with Gasteiger partial charge in [-0.05, 0) is 38.5 Å². The number of β-amino-alcohol motifs (C(OH)–C–C–N with tert-alkyl or cyclic N) is 1. The molecule has 0 saturated carbocycles. The van der Waals surface area contributed by atoms with E-state index in [4.69, 9.17) is 19.7 Å². The zero-order valence-corrected chi connectivity index (χ0v) is 17.8. The summed E-state index contributed by atoms with van der Waals surface area (Å²) in [6.45, 7) is 8.67. The van der Waals surface area contributed by atoms with Crippen LogP contribution in [0, 0.1) is 0 Å². The minimum absolute atomic E-state index is 0.0232.